The van der Waals surface area contributed by atoms with Crippen LogP contribution in [0.3, 0.4) is 0 Å². The molecule has 2 aromatic rings. The lowest BCUT2D eigenvalue weighted by molar-refractivity contribution is 0.0662. The van der Waals surface area contributed by atoms with Crippen LogP contribution < -0.4 is 0 Å². The number of hydrogen-bond donors (Lipinski definition) is 1. The van der Waals surface area contributed by atoms with E-state index >= 15 is 0 Å². The average molecular weight is 300 g/mol. The van der Waals surface area contributed by atoms with Gasteiger partial charge in [-0.2, -0.15) is 0 Å². The topological polar surface area (TPSA) is 63.3 Å². The Bertz CT molecular complexity index is 594. The predicted molar refractivity (Wildman–Crippen MR) is 61.3 cm³/mol. The first-order valence-electron chi connectivity index (χ1n) is 4.66. The maximum atomic E-state index is 13.3. The van der Waals surface area contributed by atoms with Gasteiger partial charge in [0.25, 0.3) is 0 Å². The maximum Gasteiger partial charge on any atom is 0.373 e. The molecule has 0 radical (unpaired) electrons. The number of hydrogen-bond acceptors (Lipinski definition) is 3. The van der Waals surface area contributed by atoms with Gasteiger partial charge in [0.2, 0.25) is 11.7 Å². The Labute approximate surface area is 104 Å². The standard InChI is InChI=1S/C11H7BrFNO3/c1-5-9(11(15)16)17-10(14-5)6-3-2-4-7(13)8(6)12/h2-4H,1H3,(H,15,16). The van der Waals surface area contributed by atoms with Crippen molar-refractivity contribution in [2.24, 2.45) is 0 Å². The number of oxazole rings is 1. The fourth-order valence-corrected chi connectivity index (χ4v) is 1.81. The first kappa shape index (κ1) is 11.8. The van der Waals surface area contributed by atoms with Crippen LogP contribution in [0.1, 0.15) is 16.2 Å². The molecule has 0 saturated carbocycles. The SMILES string of the molecule is Cc1nc(-c2cccc(F)c2Br)oc1C(=O)O. The summed E-state index contributed by atoms with van der Waals surface area (Å²) >= 11 is 3.07. The third kappa shape index (κ3) is 2.08. The van der Waals surface area contributed by atoms with Crippen LogP contribution in [0.25, 0.3) is 11.5 Å². The molecule has 0 aliphatic heterocycles. The Hall–Kier alpha value is -1.69. The molecule has 0 unspecified atom stereocenters. The van der Waals surface area contributed by atoms with Crippen LogP contribution in [0.4, 0.5) is 4.39 Å². The van der Waals surface area contributed by atoms with Crippen molar-refractivity contribution in [3.05, 3.63) is 39.9 Å². The van der Waals surface area contributed by atoms with Crippen LogP contribution in [0.5, 0.6) is 0 Å². The molecule has 88 valence electrons. The summed E-state index contributed by atoms with van der Waals surface area (Å²) in [6.45, 7) is 1.52. The minimum atomic E-state index is -1.20. The molecule has 1 aromatic heterocycles. The van der Waals surface area contributed by atoms with Gasteiger partial charge in [0, 0.05) is 0 Å². The first-order valence-corrected chi connectivity index (χ1v) is 5.45. The van der Waals surface area contributed by atoms with Gasteiger partial charge >= 0.3 is 5.97 Å². The van der Waals surface area contributed by atoms with E-state index in [2.05, 4.69) is 20.9 Å². The number of carbonyl (C=O) groups is 1. The fraction of sp³-hybridized carbons (Fsp3) is 0.0909. The summed E-state index contributed by atoms with van der Waals surface area (Å²) in [6, 6.07) is 4.36. The van der Waals surface area contributed by atoms with Gasteiger partial charge in [0.05, 0.1) is 15.7 Å². The molecule has 2 rings (SSSR count). The van der Waals surface area contributed by atoms with Crippen LogP contribution >= 0.6 is 15.9 Å². The molecule has 0 spiro atoms. The molecule has 0 fully saturated rings. The fourth-order valence-electron chi connectivity index (χ4n) is 1.38. The van der Waals surface area contributed by atoms with E-state index in [9.17, 15) is 9.18 Å². The molecule has 4 nitrogen and oxygen atoms in total. The molecular weight excluding hydrogens is 293 g/mol. The molecule has 1 aromatic carbocycles. The van der Waals surface area contributed by atoms with Crippen molar-refractivity contribution in [3.63, 3.8) is 0 Å². The lowest BCUT2D eigenvalue weighted by atomic mass is 10.2. The summed E-state index contributed by atoms with van der Waals surface area (Å²) < 4.78 is 18.6. The van der Waals surface area contributed by atoms with Gasteiger partial charge in [0.15, 0.2) is 0 Å². The van der Waals surface area contributed by atoms with E-state index in [0.717, 1.165) is 0 Å². The highest BCUT2D eigenvalue weighted by molar-refractivity contribution is 9.10. The Morgan fingerprint density at radius 3 is 2.82 bits per heavy atom. The molecule has 0 aliphatic carbocycles. The number of aromatic nitrogens is 1. The quantitative estimate of drug-likeness (QED) is 0.924. The summed E-state index contributed by atoms with van der Waals surface area (Å²) in [7, 11) is 0. The second-order valence-electron chi connectivity index (χ2n) is 3.34. The van der Waals surface area contributed by atoms with Crippen LogP contribution in [0.2, 0.25) is 0 Å². The Morgan fingerprint density at radius 1 is 1.53 bits per heavy atom. The third-order valence-corrected chi connectivity index (χ3v) is 2.98. The van der Waals surface area contributed by atoms with Crippen molar-refractivity contribution >= 4 is 21.9 Å². The van der Waals surface area contributed by atoms with Crippen molar-refractivity contribution in [1.29, 1.82) is 0 Å². The lowest BCUT2D eigenvalue weighted by Gasteiger charge is -1.99. The lowest BCUT2D eigenvalue weighted by Crippen LogP contribution is -1.95. The number of carboxylic acid groups (broad SMARTS) is 1. The molecule has 17 heavy (non-hydrogen) atoms. The zero-order valence-corrected chi connectivity index (χ0v) is 10.3. The van der Waals surface area contributed by atoms with Crippen LogP contribution in [0, 0.1) is 12.7 Å². The Balaban J connectivity index is 2.58. The molecular formula is C11H7BrFNO3. The van der Waals surface area contributed by atoms with Crippen LogP contribution in [0.15, 0.2) is 27.1 Å². The Morgan fingerprint density at radius 2 is 2.24 bits per heavy atom. The summed E-state index contributed by atoms with van der Waals surface area (Å²) in [5.41, 5.74) is 0.629. The van der Waals surface area contributed by atoms with E-state index in [4.69, 9.17) is 9.52 Å². The van der Waals surface area contributed by atoms with Gasteiger partial charge in [-0.3, -0.25) is 0 Å². The van der Waals surface area contributed by atoms with E-state index in [0.29, 0.717) is 5.56 Å². The van der Waals surface area contributed by atoms with Gasteiger partial charge in [-0.15, -0.1) is 0 Å². The minimum absolute atomic E-state index is 0.0753. The molecule has 0 amide bonds. The molecule has 0 saturated heterocycles. The summed E-state index contributed by atoms with van der Waals surface area (Å²) in [6.07, 6.45) is 0. The summed E-state index contributed by atoms with van der Waals surface area (Å²) in [5, 5.41) is 8.83. The van der Waals surface area contributed by atoms with E-state index in [1.807, 2.05) is 0 Å². The first-order chi connectivity index (χ1) is 8.00. The van der Waals surface area contributed by atoms with Gasteiger partial charge in [-0.1, -0.05) is 6.07 Å². The normalized spacial score (nSPS) is 10.5. The number of rotatable bonds is 2. The molecule has 1 heterocycles. The summed E-state index contributed by atoms with van der Waals surface area (Å²) in [5.74, 6) is -1.83. The zero-order chi connectivity index (χ0) is 12.6. The van der Waals surface area contributed by atoms with E-state index in [-0.39, 0.29) is 21.8 Å². The highest BCUT2D eigenvalue weighted by Gasteiger charge is 2.19. The van der Waals surface area contributed by atoms with Crippen LogP contribution in [-0.4, -0.2) is 16.1 Å². The third-order valence-electron chi connectivity index (χ3n) is 2.17. The highest BCUT2D eigenvalue weighted by Crippen LogP contribution is 2.30. The molecule has 1 N–H and O–H groups in total. The van der Waals surface area contributed by atoms with Gasteiger partial charge in [-0.05, 0) is 35.0 Å². The number of aromatic carboxylic acids is 1. The molecule has 0 bridgehead atoms. The van der Waals surface area contributed by atoms with Gasteiger partial charge in [-0.25, -0.2) is 14.2 Å². The van der Waals surface area contributed by atoms with Crippen LogP contribution in [-0.2, 0) is 0 Å². The number of halogens is 2. The second kappa shape index (κ2) is 4.29. The Kier molecular flexibility index (Phi) is 2.97. The average Bonchev–Trinajstić information content (AvgIpc) is 2.64. The smallest absolute Gasteiger partial charge is 0.373 e. The van der Waals surface area contributed by atoms with Crippen molar-refractivity contribution < 1.29 is 18.7 Å². The number of aryl methyl sites for hydroxylation is 1. The minimum Gasteiger partial charge on any atom is -0.475 e. The second-order valence-corrected chi connectivity index (χ2v) is 4.13. The number of nitrogens with zero attached hydrogens (tertiary/aromatic N) is 1. The van der Waals surface area contributed by atoms with Crippen molar-refractivity contribution in [2.45, 2.75) is 6.92 Å². The van der Waals surface area contributed by atoms with E-state index in [1.165, 1.54) is 19.1 Å². The number of carboxylic acids is 1. The largest absolute Gasteiger partial charge is 0.475 e. The van der Waals surface area contributed by atoms with Gasteiger partial charge in [0.1, 0.15) is 5.82 Å². The summed E-state index contributed by atoms with van der Waals surface area (Å²) in [4.78, 5) is 14.8. The van der Waals surface area contributed by atoms with E-state index in [1.54, 1.807) is 6.07 Å². The molecule has 0 atom stereocenters. The number of benzene rings is 1. The zero-order valence-electron chi connectivity index (χ0n) is 8.70. The van der Waals surface area contributed by atoms with Crippen molar-refractivity contribution in [2.75, 3.05) is 0 Å². The maximum absolute atomic E-state index is 13.3. The van der Waals surface area contributed by atoms with Crippen molar-refractivity contribution in [1.82, 2.24) is 4.98 Å². The monoisotopic (exact) mass is 299 g/mol. The molecule has 0 aliphatic rings. The van der Waals surface area contributed by atoms with Crippen molar-refractivity contribution in [3.8, 4) is 11.5 Å². The van der Waals surface area contributed by atoms with Gasteiger partial charge < -0.3 is 9.52 Å². The highest BCUT2D eigenvalue weighted by atomic mass is 79.9. The predicted octanol–water partition coefficient (Wildman–Crippen LogP) is 3.25. The van der Waals surface area contributed by atoms with E-state index < -0.39 is 11.8 Å². The molecule has 6 heteroatoms.